The van der Waals surface area contributed by atoms with E-state index in [0.717, 1.165) is 12.8 Å². The molecule has 0 unspecified atom stereocenters. The summed E-state index contributed by atoms with van der Waals surface area (Å²) in [7, 11) is 0. The van der Waals surface area contributed by atoms with Crippen molar-refractivity contribution in [2.24, 2.45) is 0 Å². The van der Waals surface area contributed by atoms with E-state index in [0.29, 0.717) is 23.1 Å². The van der Waals surface area contributed by atoms with E-state index in [1.165, 1.54) is 6.92 Å². The molecule has 3 heteroatoms. The van der Waals surface area contributed by atoms with Gasteiger partial charge in [0.1, 0.15) is 5.82 Å². The first-order valence-electron chi connectivity index (χ1n) is 6.87. The first kappa shape index (κ1) is 13.2. The van der Waals surface area contributed by atoms with Crippen molar-refractivity contribution < 1.29 is 13.2 Å². The SMILES string of the molecule is CCCCc1ccc2c(c1F)-c1c-2cc(C)c(F)c1F. The van der Waals surface area contributed by atoms with Gasteiger partial charge in [0, 0.05) is 11.1 Å². The summed E-state index contributed by atoms with van der Waals surface area (Å²) in [5, 5.41) is 0. The molecule has 20 heavy (non-hydrogen) atoms. The summed E-state index contributed by atoms with van der Waals surface area (Å²) >= 11 is 0. The Morgan fingerprint density at radius 3 is 2.30 bits per heavy atom. The molecule has 0 nitrogen and oxygen atoms in total. The lowest BCUT2D eigenvalue weighted by Gasteiger charge is -2.27. The molecule has 0 heterocycles. The third-order valence-corrected chi connectivity index (χ3v) is 3.95. The molecule has 0 aliphatic heterocycles. The van der Waals surface area contributed by atoms with Crippen LogP contribution in [0, 0.1) is 24.4 Å². The highest BCUT2D eigenvalue weighted by atomic mass is 19.2. The van der Waals surface area contributed by atoms with Gasteiger partial charge in [-0.1, -0.05) is 25.5 Å². The zero-order chi connectivity index (χ0) is 14.4. The van der Waals surface area contributed by atoms with Crippen molar-refractivity contribution in [3.63, 3.8) is 0 Å². The topological polar surface area (TPSA) is 0 Å². The van der Waals surface area contributed by atoms with Crippen LogP contribution in [0.25, 0.3) is 22.3 Å². The number of hydrogen-bond acceptors (Lipinski definition) is 0. The summed E-state index contributed by atoms with van der Waals surface area (Å²) in [6, 6.07) is 5.15. The number of halogens is 3. The molecule has 0 fully saturated rings. The average molecular weight is 276 g/mol. The molecule has 0 saturated carbocycles. The van der Waals surface area contributed by atoms with Gasteiger partial charge in [-0.05, 0) is 48.1 Å². The van der Waals surface area contributed by atoms with Crippen LogP contribution in [0.1, 0.15) is 30.9 Å². The molecule has 0 radical (unpaired) electrons. The van der Waals surface area contributed by atoms with Crippen molar-refractivity contribution in [1.82, 2.24) is 0 Å². The van der Waals surface area contributed by atoms with Gasteiger partial charge in [0.2, 0.25) is 0 Å². The van der Waals surface area contributed by atoms with E-state index in [4.69, 9.17) is 0 Å². The van der Waals surface area contributed by atoms with E-state index >= 15 is 0 Å². The lowest BCUT2D eigenvalue weighted by Crippen LogP contribution is -2.09. The van der Waals surface area contributed by atoms with Crippen LogP contribution in [0.4, 0.5) is 13.2 Å². The van der Waals surface area contributed by atoms with Crippen molar-refractivity contribution in [3.05, 3.63) is 46.8 Å². The predicted octanol–water partition coefficient (Wildman–Crippen LogP) is 5.40. The van der Waals surface area contributed by atoms with Crippen molar-refractivity contribution in [3.8, 4) is 22.3 Å². The number of unbranched alkanes of at least 4 members (excludes halogenated alkanes) is 1. The molecule has 1 aliphatic rings. The summed E-state index contributed by atoms with van der Waals surface area (Å²) in [5.74, 6) is -2.21. The van der Waals surface area contributed by atoms with Crippen LogP contribution in [0.15, 0.2) is 18.2 Å². The molecule has 0 atom stereocenters. The molecule has 0 amide bonds. The van der Waals surface area contributed by atoms with Gasteiger partial charge in [-0.15, -0.1) is 0 Å². The minimum atomic E-state index is -0.931. The maximum atomic E-state index is 14.4. The fourth-order valence-corrected chi connectivity index (χ4v) is 2.80. The molecule has 0 aromatic heterocycles. The minimum absolute atomic E-state index is 0.0962. The Labute approximate surface area is 116 Å². The molecular formula is C17H15F3. The van der Waals surface area contributed by atoms with E-state index in [2.05, 4.69) is 0 Å². The van der Waals surface area contributed by atoms with Gasteiger partial charge in [-0.25, -0.2) is 13.2 Å². The third kappa shape index (κ3) is 1.69. The van der Waals surface area contributed by atoms with Gasteiger partial charge in [-0.2, -0.15) is 0 Å². The van der Waals surface area contributed by atoms with E-state index in [1.54, 1.807) is 12.1 Å². The van der Waals surface area contributed by atoms with Crippen molar-refractivity contribution in [2.45, 2.75) is 33.1 Å². The molecular weight excluding hydrogens is 261 g/mol. The molecule has 3 rings (SSSR count). The zero-order valence-electron chi connectivity index (χ0n) is 11.5. The maximum Gasteiger partial charge on any atom is 0.167 e. The molecule has 2 aromatic rings. The summed E-state index contributed by atoms with van der Waals surface area (Å²) in [6.07, 6.45) is 2.48. The number of hydrogen-bond donors (Lipinski definition) is 0. The lowest BCUT2D eigenvalue weighted by atomic mass is 9.77. The third-order valence-electron chi connectivity index (χ3n) is 3.95. The highest BCUT2D eigenvalue weighted by molar-refractivity contribution is 6.03. The highest BCUT2D eigenvalue weighted by Crippen LogP contribution is 2.51. The molecule has 0 spiro atoms. The van der Waals surface area contributed by atoms with Crippen LogP contribution >= 0.6 is 0 Å². The standard InChI is InChI=1S/C17H15F3/c1-3-4-5-10-6-7-11-12-8-9(2)15(18)17(20)14(12)13(11)16(10)19/h6-8H,3-5H2,1-2H3. The van der Waals surface area contributed by atoms with Gasteiger partial charge < -0.3 is 0 Å². The summed E-state index contributed by atoms with van der Waals surface area (Å²) in [6.45, 7) is 3.55. The molecule has 2 aromatic carbocycles. The Balaban J connectivity index is 2.13. The number of aryl methyl sites for hydroxylation is 2. The zero-order valence-corrected chi connectivity index (χ0v) is 11.5. The summed E-state index contributed by atoms with van der Waals surface area (Å²) in [5.41, 5.74) is 2.46. The van der Waals surface area contributed by atoms with Crippen LogP contribution in [-0.2, 0) is 6.42 Å². The monoisotopic (exact) mass is 276 g/mol. The van der Waals surface area contributed by atoms with E-state index < -0.39 is 17.5 Å². The number of rotatable bonds is 3. The van der Waals surface area contributed by atoms with Gasteiger partial charge in [0.25, 0.3) is 0 Å². The van der Waals surface area contributed by atoms with Crippen LogP contribution in [0.5, 0.6) is 0 Å². The normalized spacial score (nSPS) is 11.8. The fourth-order valence-electron chi connectivity index (χ4n) is 2.80. The van der Waals surface area contributed by atoms with Crippen LogP contribution in [0.3, 0.4) is 0 Å². The molecule has 0 saturated heterocycles. The maximum absolute atomic E-state index is 14.4. The van der Waals surface area contributed by atoms with E-state index in [1.807, 2.05) is 13.0 Å². The van der Waals surface area contributed by atoms with E-state index in [9.17, 15) is 13.2 Å². The summed E-state index contributed by atoms with van der Waals surface area (Å²) < 4.78 is 42.1. The fraction of sp³-hybridized carbons (Fsp3) is 0.294. The largest absolute Gasteiger partial charge is 0.206 e. The summed E-state index contributed by atoms with van der Waals surface area (Å²) in [4.78, 5) is 0. The quantitative estimate of drug-likeness (QED) is 0.600. The smallest absolute Gasteiger partial charge is 0.167 e. The van der Waals surface area contributed by atoms with Crippen LogP contribution in [-0.4, -0.2) is 0 Å². The van der Waals surface area contributed by atoms with Crippen molar-refractivity contribution in [2.75, 3.05) is 0 Å². The Bertz CT molecular complexity index is 702. The predicted molar refractivity (Wildman–Crippen MR) is 74.1 cm³/mol. The van der Waals surface area contributed by atoms with Gasteiger partial charge in [-0.3, -0.25) is 0 Å². The Kier molecular flexibility index (Phi) is 3.08. The van der Waals surface area contributed by atoms with Gasteiger partial charge >= 0.3 is 0 Å². The van der Waals surface area contributed by atoms with Crippen LogP contribution in [0.2, 0.25) is 0 Å². The Morgan fingerprint density at radius 1 is 0.900 bits per heavy atom. The van der Waals surface area contributed by atoms with Crippen molar-refractivity contribution >= 4 is 0 Å². The minimum Gasteiger partial charge on any atom is -0.206 e. The second-order valence-electron chi connectivity index (χ2n) is 5.31. The lowest BCUT2D eigenvalue weighted by molar-refractivity contribution is 0.504. The van der Waals surface area contributed by atoms with E-state index in [-0.39, 0.29) is 16.7 Å². The van der Waals surface area contributed by atoms with Gasteiger partial charge in [0.05, 0.1) is 0 Å². The average Bonchev–Trinajstić information content (AvgIpc) is 2.42. The number of benzene rings is 2. The Morgan fingerprint density at radius 2 is 1.60 bits per heavy atom. The second-order valence-corrected chi connectivity index (χ2v) is 5.31. The van der Waals surface area contributed by atoms with Crippen molar-refractivity contribution in [1.29, 1.82) is 0 Å². The van der Waals surface area contributed by atoms with Gasteiger partial charge in [0.15, 0.2) is 11.6 Å². The first-order chi connectivity index (χ1) is 9.56. The second kappa shape index (κ2) is 4.65. The molecule has 104 valence electrons. The molecule has 0 bridgehead atoms. The Hall–Kier alpha value is -1.77. The van der Waals surface area contributed by atoms with Crippen LogP contribution < -0.4 is 0 Å². The highest BCUT2D eigenvalue weighted by Gasteiger charge is 2.32. The number of fused-ring (bicyclic) bond motifs is 4. The molecule has 1 aliphatic carbocycles. The first-order valence-corrected chi connectivity index (χ1v) is 6.87. The molecule has 0 N–H and O–H groups in total.